The highest BCUT2D eigenvalue weighted by atomic mass is 16.6. The average Bonchev–Trinajstić information content (AvgIpc) is 2.83. The Balaban J connectivity index is 1.52. The molecule has 1 atom stereocenters. The summed E-state index contributed by atoms with van der Waals surface area (Å²) in [4.78, 5) is 33.1. The molecule has 9 heteroatoms. The van der Waals surface area contributed by atoms with Crippen molar-refractivity contribution < 1.29 is 23.8 Å². The van der Waals surface area contributed by atoms with E-state index in [0.29, 0.717) is 44.0 Å². The third-order valence-electron chi connectivity index (χ3n) is 6.43. The Kier molecular flexibility index (Phi) is 6.72. The Morgan fingerprint density at radius 3 is 2.68 bits per heavy atom. The number of methoxy groups -OCH3 is 1. The fourth-order valence-electron chi connectivity index (χ4n) is 4.41. The number of amides is 1. The van der Waals surface area contributed by atoms with Crippen LogP contribution in [0.2, 0.25) is 0 Å². The smallest absolute Gasteiger partial charge is 0.220 e. The summed E-state index contributed by atoms with van der Waals surface area (Å²) in [5.74, 6) is 2.25. The van der Waals surface area contributed by atoms with Crippen molar-refractivity contribution in [3.05, 3.63) is 41.7 Å². The topological polar surface area (TPSA) is 117 Å². The molecule has 2 N–H and O–H groups in total. The van der Waals surface area contributed by atoms with Gasteiger partial charge in [0.1, 0.15) is 41.6 Å². The second kappa shape index (κ2) is 9.70. The number of hydrogen-bond acceptors (Lipinski definition) is 8. The van der Waals surface area contributed by atoms with Crippen molar-refractivity contribution in [1.29, 1.82) is 0 Å². The molecule has 4 rings (SSSR count). The van der Waals surface area contributed by atoms with Crippen LogP contribution >= 0.6 is 0 Å². The summed E-state index contributed by atoms with van der Waals surface area (Å²) in [5, 5.41) is 0. The fraction of sp³-hybridized carbons (Fsp3) is 0.440. The number of anilines is 1. The molecule has 0 saturated carbocycles. The summed E-state index contributed by atoms with van der Waals surface area (Å²) in [5.41, 5.74) is 6.57. The highest BCUT2D eigenvalue weighted by molar-refractivity contribution is 5.77. The van der Waals surface area contributed by atoms with Gasteiger partial charge in [0.2, 0.25) is 11.8 Å². The average molecular weight is 467 g/mol. The number of hydrogen-bond donors (Lipinski definition) is 1. The first-order valence-electron chi connectivity index (χ1n) is 11.4. The Bertz CT molecular complexity index is 1090. The lowest BCUT2D eigenvalue weighted by Crippen LogP contribution is -2.49. The van der Waals surface area contributed by atoms with Gasteiger partial charge in [-0.05, 0) is 50.5 Å². The van der Waals surface area contributed by atoms with Gasteiger partial charge in [0.05, 0.1) is 7.11 Å². The normalized spacial score (nSPS) is 19.9. The molecule has 0 radical (unpaired) electrons. The van der Waals surface area contributed by atoms with Crippen molar-refractivity contribution in [2.24, 2.45) is 11.7 Å². The molecule has 0 spiro atoms. The second-order valence-corrected chi connectivity index (χ2v) is 9.09. The molecule has 9 nitrogen and oxygen atoms in total. The predicted molar refractivity (Wildman–Crippen MR) is 127 cm³/mol. The van der Waals surface area contributed by atoms with E-state index >= 15 is 0 Å². The number of primary amides is 1. The van der Waals surface area contributed by atoms with Crippen LogP contribution in [-0.2, 0) is 16.0 Å². The molecule has 1 saturated heterocycles. The SMILES string of the molecule is COc1cc2c(cc1/C=C\C=O)C[C@H](Oc1cc(N3CCC(C(N)=O)CC3)ncn1)C(C)(C)O2. The second-order valence-electron chi connectivity index (χ2n) is 9.09. The summed E-state index contributed by atoms with van der Waals surface area (Å²) in [6, 6.07) is 5.62. The van der Waals surface area contributed by atoms with Crippen LogP contribution in [0.4, 0.5) is 5.82 Å². The van der Waals surface area contributed by atoms with Crippen molar-refractivity contribution >= 4 is 24.1 Å². The minimum atomic E-state index is -0.622. The van der Waals surface area contributed by atoms with Crippen molar-refractivity contribution in [2.75, 3.05) is 25.1 Å². The molecule has 2 aliphatic heterocycles. The largest absolute Gasteiger partial charge is 0.496 e. The number of benzene rings is 1. The van der Waals surface area contributed by atoms with Crippen LogP contribution < -0.4 is 24.8 Å². The minimum absolute atomic E-state index is 0.0843. The zero-order valence-corrected chi connectivity index (χ0v) is 19.7. The van der Waals surface area contributed by atoms with Crippen LogP contribution in [0.25, 0.3) is 6.08 Å². The number of carbonyl (C=O) groups excluding carboxylic acids is 2. The third kappa shape index (κ3) is 4.98. The van der Waals surface area contributed by atoms with Gasteiger partial charge >= 0.3 is 0 Å². The molecule has 180 valence electrons. The van der Waals surface area contributed by atoms with Crippen LogP contribution in [0.5, 0.6) is 17.4 Å². The number of ether oxygens (including phenoxy) is 3. The van der Waals surface area contributed by atoms with Crippen molar-refractivity contribution in [3.8, 4) is 17.4 Å². The van der Waals surface area contributed by atoms with Gasteiger partial charge in [0.25, 0.3) is 0 Å². The fourth-order valence-corrected chi connectivity index (χ4v) is 4.41. The number of fused-ring (bicyclic) bond motifs is 1. The van der Waals surface area contributed by atoms with Gasteiger partial charge in [-0.1, -0.05) is 0 Å². The van der Waals surface area contributed by atoms with E-state index in [-0.39, 0.29) is 17.9 Å². The van der Waals surface area contributed by atoms with Crippen LogP contribution in [-0.4, -0.2) is 54.1 Å². The molecule has 1 aromatic heterocycles. The van der Waals surface area contributed by atoms with Gasteiger partial charge in [0, 0.05) is 43.1 Å². The van der Waals surface area contributed by atoms with E-state index in [4.69, 9.17) is 19.9 Å². The predicted octanol–water partition coefficient (Wildman–Crippen LogP) is 2.56. The molecule has 1 fully saturated rings. The van der Waals surface area contributed by atoms with Crippen molar-refractivity contribution in [3.63, 3.8) is 0 Å². The van der Waals surface area contributed by atoms with E-state index in [1.54, 1.807) is 13.2 Å². The Hall–Kier alpha value is -3.62. The standard InChI is InChI=1S/C25H30N4O5/c1-25(2)21(12-18-11-17(5-4-10-30)19(32-3)13-20(18)34-25)33-23-14-22(27-15-28-23)29-8-6-16(7-9-29)24(26)31/h4-5,10-11,13-16,21H,6-9,12H2,1-3H3,(H2,26,31)/b5-4-/t21-/m0/s1. The molecule has 34 heavy (non-hydrogen) atoms. The number of piperidine rings is 1. The van der Waals surface area contributed by atoms with E-state index in [1.165, 1.54) is 12.4 Å². The molecule has 3 heterocycles. The monoisotopic (exact) mass is 466 g/mol. The number of carbonyl (C=O) groups is 2. The Morgan fingerprint density at radius 1 is 1.24 bits per heavy atom. The van der Waals surface area contributed by atoms with E-state index in [1.807, 2.05) is 32.0 Å². The zero-order chi connectivity index (χ0) is 24.3. The van der Waals surface area contributed by atoms with Crippen LogP contribution in [0, 0.1) is 5.92 Å². The van der Waals surface area contributed by atoms with E-state index in [2.05, 4.69) is 14.9 Å². The molecule has 1 aromatic carbocycles. The molecule has 0 bridgehead atoms. The maximum Gasteiger partial charge on any atom is 0.220 e. The minimum Gasteiger partial charge on any atom is -0.496 e. The van der Waals surface area contributed by atoms with Crippen molar-refractivity contribution in [2.45, 2.75) is 44.8 Å². The highest BCUT2D eigenvalue weighted by Gasteiger charge is 2.39. The number of nitrogens with two attached hydrogens (primary N) is 1. The molecule has 0 aliphatic carbocycles. The molecular formula is C25H30N4O5. The Morgan fingerprint density at radius 2 is 2.00 bits per heavy atom. The lowest BCUT2D eigenvalue weighted by molar-refractivity contribution is -0.122. The van der Waals surface area contributed by atoms with E-state index in [9.17, 15) is 9.59 Å². The van der Waals surface area contributed by atoms with E-state index in [0.717, 1.165) is 29.0 Å². The van der Waals surface area contributed by atoms with Gasteiger partial charge in [-0.2, -0.15) is 0 Å². The first-order chi connectivity index (χ1) is 16.3. The zero-order valence-electron chi connectivity index (χ0n) is 19.7. The maximum atomic E-state index is 11.5. The summed E-state index contributed by atoms with van der Waals surface area (Å²) in [7, 11) is 1.59. The molecule has 2 aromatic rings. The van der Waals surface area contributed by atoms with Gasteiger partial charge in [-0.25, -0.2) is 9.97 Å². The number of rotatable bonds is 7. The van der Waals surface area contributed by atoms with Gasteiger partial charge < -0.3 is 24.8 Å². The van der Waals surface area contributed by atoms with Crippen molar-refractivity contribution in [1.82, 2.24) is 9.97 Å². The number of aromatic nitrogens is 2. The van der Waals surface area contributed by atoms with Gasteiger partial charge in [-0.15, -0.1) is 0 Å². The van der Waals surface area contributed by atoms with Crippen LogP contribution in [0.3, 0.4) is 0 Å². The maximum absolute atomic E-state index is 11.5. The highest BCUT2D eigenvalue weighted by Crippen LogP contribution is 2.39. The molecule has 1 amide bonds. The quantitative estimate of drug-likeness (QED) is 0.489. The molecule has 0 unspecified atom stereocenters. The van der Waals surface area contributed by atoms with Gasteiger partial charge in [0.15, 0.2) is 0 Å². The number of aldehydes is 1. The Labute approximate surface area is 198 Å². The lowest BCUT2D eigenvalue weighted by Gasteiger charge is -2.39. The summed E-state index contributed by atoms with van der Waals surface area (Å²) in [6.07, 6.45) is 7.06. The van der Waals surface area contributed by atoms with Crippen LogP contribution in [0.1, 0.15) is 37.8 Å². The van der Waals surface area contributed by atoms with E-state index < -0.39 is 5.60 Å². The molecular weight excluding hydrogens is 436 g/mol. The molecule has 2 aliphatic rings. The van der Waals surface area contributed by atoms with Crippen LogP contribution in [0.15, 0.2) is 30.6 Å². The summed E-state index contributed by atoms with van der Waals surface area (Å²) in [6.45, 7) is 5.36. The number of allylic oxidation sites excluding steroid dienone is 1. The first kappa shape index (κ1) is 23.5. The third-order valence-corrected chi connectivity index (χ3v) is 6.43. The lowest BCUT2D eigenvalue weighted by atomic mass is 9.90. The first-order valence-corrected chi connectivity index (χ1v) is 11.4. The van der Waals surface area contributed by atoms with Gasteiger partial charge in [-0.3, -0.25) is 9.59 Å². The number of nitrogens with zero attached hydrogens (tertiary/aromatic N) is 3. The summed E-state index contributed by atoms with van der Waals surface area (Å²) < 4.78 is 18.1. The summed E-state index contributed by atoms with van der Waals surface area (Å²) >= 11 is 0.